The Kier molecular flexibility index (Phi) is 5.36. The number of hydrogen-bond acceptors (Lipinski definition) is 3. The van der Waals surface area contributed by atoms with Crippen LogP contribution in [-0.2, 0) is 12.0 Å². The van der Waals surface area contributed by atoms with E-state index >= 15 is 0 Å². The summed E-state index contributed by atoms with van der Waals surface area (Å²) < 4.78 is 0. The predicted molar refractivity (Wildman–Crippen MR) is 83.9 cm³/mol. The second-order valence-electron chi connectivity index (χ2n) is 6.45. The van der Waals surface area contributed by atoms with Gasteiger partial charge in [0.05, 0.1) is 0 Å². The van der Waals surface area contributed by atoms with E-state index < -0.39 is 0 Å². The van der Waals surface area contributed by atoms with Gasteiger partial charge in [-0.05, 0) is 38.1 Å². The summed E-state index contributed by atoms with van der Waals surface area (Å²) in [6.07, 6.45) is 0. The molecule has 3 heteroatoms. The van der Waals surface area contributed by atoms with Crippen LogP contribution in [0.3, 0.4) is 0 Å². The molecule has 0 saturated heterocycles. The molecule has 0 bridgehead atoms. The lowest BCUT2D eigenvalue weighted by molar-refractivity contribution is 0.564. The third kappa shape index (κ3) is 4.50. The molecule has 1 rings (SSSR count). The van der Waals surface area contributed by atoms with E-state index in [1.807, 2.05) is 0 Å². The number of pyridine rings is 1. The molecule has 19 heavy (non-hydrogen) atoms. The Hall–Kier alpha value is -1.09. The summed E-state index contributed by atoms with van der Waals surface area (Å²) in [4.78, 5) is 7.06. The quantitative estimate of drug-likeness (QED) is 0.883. The molecule has 0 aliphatic carbocycles. The Morgan fingerprint density at radius 2 is 1.89 bits per heavy atom. The zero-order valence-corrected chi connectivity index (χ0v) is 13.5. The van der Waals surface area contributed by atoms with Gasteiger partial charge in [-0.15, -0.1) is 0 Å². The Bertz CT molecular complexity index is 405. The standard InChI is InChI=1S/C16H29N3/c1-8-17-11-13-9-14(16(4,5)6)18-15(10-13)19(7)12(2)3/h9-10,12,17H,8,11H2,1-7H3. The highest BCUT2D eigenvalue weighted by Gasteiger charge is 2.18. The molecule has 0 spiro atoms. The predicted octanol–water partition coefficient (Wildman–Crippen LogP) is 3.33. The van der Waals surface area contributed by atoms with Crippen LogP contribution in [0.15, 0.2) is 12.1 Å². The van der Waals surface area contributed by atoms with Crippen molar-refractivity contribution in [1.29, 1.82) is 0 Å². The van der Waals surface area contributed by atoms with E-state index in [1.54, 1.807) is 0 Å². The van der Waals surface area contributed by atoms with E-state index in [9.17, 15) is 0 Å². The summed E-state index contributed by atoms with van der Waals surface area (Å²) >= 11 is 0. The largest absolute Gasteiger partial charge is 0.357 e. The minimum atomic E-state index is 0.0782. The van der Waals surface area contributed by atoms with Crippen molar-refractivity contribution >= 4 is 5.82 Å². The Balaban J connectivity index is 3.16. The van der Waals surface area contributed by atoms with Crippen LogP contribution >= 0.6 is 0 Å². The van der Waals surface area contributed by atoms with Crippen LogP contribution in [0.2, 0.25) is 0 Å². The fourth-order valence-corrected chi connectivity index (χ4v) is 1.77. The molecule has 0 saturated carbocycles. The second kappa shape index (κ2) is 6.38. The average molecular weight is 263 g/mol. The van der Waals surface area contributed by atoms with Crippen molar-refractivity contribution in [2.24, 2.45) is 0 Å². The summed E-state index contributed by atoms with van der Waals surface area (Å²) in [5, 5.41) is 3.39. The molecule has 0 fully saturated rings. The van der Waals surface area contributed by atoms with E-state index in [-0.39, 0.29) is 5.41 Å². The first-order valence-corrected chi connectivity index (χ1v) is 7.20. The molecule has 3 nitrogen and oxygen atoms in total. The van der Waals surface area contributed by atoms with Crippen molar-refractivity contribution in [2.75, 3.05) is 18.5 Å². The summed E-state index contributed by atoms with van der Waals surface area (Å²) in [7, 11) is 2.11. The molecule has 0 amide bonds. The third-order valence-electron chi connectivity index (χ3n) is 3.36. The van der Waals surface area contributed by atoms with E-state index in [2.05, 4.69) is 70.9 Å². The van der Waals surface area contributed by atoms with Gasteiger partial charge in [-0.3, -0.25) is 0 Å². The fourth-order valence-electron chi connectivity index (χ4n) is 1.77. The number of nitrogens with one attached hydrogen (secondary N) is 1. The molecule has 1 N–H and O–H groups in total. The minimum absolute atomic E-state index is 0.0782. The highest BCUT2D eigenvalue weighted by Crippen LogP contribution is 2.25. The maximum Gasteiger partial charge on any atom is 0.129 e. The van der Waals surface area contributed by atoms with Crippen LogP contribution in [-0.4, -0.2) is 24.6 Å². The van der Waals surface area contributed by atoms with E-state index in [4.69, 9.17) is 4.98 Å². The van der Waals surface area contributed by atoms with Gasteiger partial charge in [-0.1, -0.05) is 27.7 Å². The van der Waals surface area contributed by atoms with Gasteiger partial charge in [0.2, 0.25) is 0 Å². The van der Waals surface area contributed by atoms with Gasteiger partial charge in [0, 0.05) is 30.7 Å². The molecule has 0 aromatic carbocycles. The van der Waals surface area contributed by atoms with Crippen LogP contribution in [0, 0.1) is 0 Å². The molecule has 1 aromatic heterocycles. The summed E-state index contributed by atoms with van der Waals surface area (Å²) in [6.45, 7) is 15.0. The number of hydrogen-bond donors (Lipinski definition) is 1. The van der Waals surface area contributed by atoms with E-state index in [0.717, 1.165) is 24.6 Å². The molecule has 0 aliphatic heterocycles. The molecule has 1 heterocycles. The lowest BCUT2D eigenvalue weighted by atomic mass is 9.90. The van der Waals surface area contributed by atoms with Crippen LogP contribution in [0.5, 0.6) is 0 Å². The average Bonchev–Trinajstić information content (AvgIpc) is 2.33. The van der Waals surface area contributed by atoms with Crippen molar-refractivity contribution < 1.29 is 0 Å². The topological polar surface area (TPSA) is 28.2 Å². The van der Waals surface area contributed by atoms with Crippen molar-refractivity contribution in [3.05, 3.63) is 23.4 Å². The van der Waals surface area contributed by atoms with Gasteiger partial charge < -0.3 is 10.2 Å². The zero-order valence-electron chi connectivity index (χ0n) is 13.5. The number of rotatable bonds is 5. The van der Waals surface area contributed by atoms with E-state index in [1.165, 1.54) is 5.56 Å². The van der Waals surface area contributed by atoms with Gasteiger partial charge in [0.1, 0.15) is 5.82 Å². The van der Waals surface area contributed by atoms with Gasteiger partial charge >= 0.3 is 0 Å². The first-order chi connectivity index (χ1) is 8.75. The third-order valence-corrected chi connectivity index (χ3v) is 3.36. The number of aromatic nitrogens is 1. The Morgan fingerprint density at radius 1 is 1.26 bits per heavy atom. The SMILES string of the molecule is CCNCc1cc(N(C)C(C)C)nc(C(C)(C)C)c1. The summed E-state index contributed by atoms with van der Waals surface area (Å²) in [5.41, 5.74) is 2.55. The fraction of sp³-hybridized carbons (Fsp3) is 0.688. The maximum absolute atomic E-state index is 4.83. The molecular weight excluding hydrogens is 234 g/mol. The summed E-state index contributed by atoms with van der Waals surface area (Å²) in [5.74, 6) is 1.07. The highest BCUT2D eigenvalue weighted by molar-refractivity contribution is 5.44. The second-order valence-corrected chi connectivity index (χ2v) is 6.45. The minimum Gasteiger partial charge on any atom is -0.357 e. The molecule has 1 aromatic rings. The first kappa shape index (κ1) is 16.0. The van der Waals surface area contributed by atoms with Gasteiger partial charge in [-0.25, -0.2) is 4.98 Å². The molecule has 0 radical (unpaired) electrons. The van der Waals surface area contributed by atoms with Crippen LogP contribution in [0.25, 0.3) is 0 Å². The monoisotopic (exact) mass is 263 g/mol. The summed E-state index contributed by atoms with van der Waals surface area (Å²) in [6, 6.07) is 4.87. The maximum atomic E-state index is 4.83. The molecular formula is C16H29N3. The zero-order chi connectivity index (χ0) is 14.6. The normalized spacial score (nSPS) is 12.0. The van der Waals surface area contributed by atoms with Crippen LogP contribution in [0.1, 0.15) is 52.8 Å². The lowest BCUT2D eigenvalue weighted by Crippen LogP contribution is -2.28. The van der Waals surface area contributed by atoms with Crippen LogP contribution < -0.4 is 10.2 Å². The number of nitrogens with zero attached hydrogens (tertiary/aromatic N) is 2. The number of anilines is 1. The van der Waals surface area contributed by atoms with E-state index in [0.29, 0.717) is 6.04 Å². The van der Waals surface area contributed by atoms with Gasteiger partial charge in [-0.2, -0.15) is 0 Å². The van der Waals surface area contributed by atoms with Crippen molar-refractivity contribution in [2.45, 2.75) is 59.5 Å². The molecule has 0 atom stereocenters. The van der Waals surface area contributed by atoms with Crippen molar-refractivity contribution in [3.8, 4) is 0 Å². The molecule has 0 aliphatic rings. The molecule has 108 valence electrons. The van der Waals surface area contributed by atoms with Gasteiger partial charge in [0.15, 0.2) is 0 Å². The first-order valence-electron chi connectivity index (χ1n) is 7.20. The molecule has 0 unspecified atom stereocenters. The highest BCUT2D eigenvalue weighted by atomic mass is 15.2. The lowest BCUT2D eigenvalue weighted by Gasteiger charge is -2.26. The Morgan fingerprint density at radius 3 is 2.37 bits per heavy atom. The Labute approximate surface area is 118 Å². The van der Waals surface area contributed by atoms with Crippen molar-refractivity contribution in [1.82, 2.24) is 10.3 Å². The van der Waals surface area contributed by atoms with Crippen molar-refractivity contribution in [3.63, 3.8) is 0 Å². The van der Waals surface area contributed by atoms with Crippen LogP contribution in [0.4, 0.5) is 5.82 Å². The van der Waals surface area contributed by atoms with Gasteiger partial charge in [0.25, 0.3) is 0 Å². The smallest absolute Gasteiger partial charge is 0.129 e.